The van der Waals surface area contributed by atoms with Crippen molar-refractivity contribution in [3.63, 3.8) is 0 Å². The Kier molecular flexibility index (Phi) is 4.41. The van der Waals surface area contributed by atoms with Crippen LogP contribution in [-0.2, 0) is 9.59 Å². The van der Waals surface area contributed by atoms with Crippen molar-refractivity contribution in [1.82, 2.24) is 5.32 Å². The van der Waals surface area contributed by atoms with Gasteiger partial charge >= 0.3 is 0 Å². The van der Waals surface area contributed by atoms with E-state index in [1.165, 1.54) is 25.7 Å². The van der Waals surface area contributed by atoms with E-state index in [0.29, 0.717) is 18.3 Å². The molecule has 2 amide bonds. The van der Waals surface area contributed by atoms with Gasteiger partial charge in [0.05, 0.1) is 0 Å². The van der Waals surface area contributed by atoms with Gasteiger partial charge in [0.2, 0.25) is 11.8 Å². The molecule has 3 nitrogen and oxygen atoms in total. The van der Waals surface area contributed by atoms with Gasteiger partial charge in [0.25, 0.3) is 0 Å². The van der Waals surface area contributed by atoms with Crippen molar-refractivity contribution in [3.8, 4) is 0 Å². The molecule has 1 aliphatic heterocycles. The SMILES string of the molecule is CCCC1C(=O)NC(=O)CC1C1CCC(C)CC1. The number of piperidine rings is 1. The van der Waals surface area contributed by atoms with Gasteiger partial charge in [0.1, 0.15) is 0 Å². The average Bonchev–Trinajstić information content (AvgIpc) is 2.33. The van der Waals surface area contributed by atoms with Gasteiger partial charge in [-0.05, 0) is 37.0 Å². The Hall–Kier alpha value is -0.860. The summed E-state index contributed by atoms with van der Waals surface area (Å²) in [6.07, 6.45) is 7.43. The first-order valence-electron chi connectivity index (χ1n) is 7.45. The summed E-state index contributed by atoms with van der Waals surface area (Å²) in [5, 5.41) is 2.51. The minimum absolute atomic E-state index is 0.0169. The summed E-state index contributed by atoms with van der Waals surface area (Å²) in [6, 6.07) is 0. The minimum Gasteiger partial charge on any atom is -0.296 e. The summed E-state index contributed by atoms with van der Waals surface area (Å²) in [5.74, 6) is 1.71. The van der Waals surface area contributed by atoms with Crippen LogP contribution in [0.5, 0.6) is 0 Å². The third-order valence-electron chi connectivity index (χ3n) is 4.80. The van der Waals surface area contributed by atoms with Crippen molar-refractivity contribution in [2.24, 2.45) is 23.7 Å². The van der Waals surface area contributed by atoms with Crippen LogP contribution in [0.2, 0.25) is 0 Å². The Morgan fingerprint density at radius 2 is 1.83 bits per heavy atom. The molecule has 1 N–H and O–H groups in total. The molecule has 1 heterocycles. The maximum atomic E-state index is 12.0. The predicted molar refractivity (Wildman–Crippen MR) is 70.8 cm³/mol. The lowest BCUT2D eigenvalue weighted by molar-refractivity contribution is -0.141. The molecule has 3 heteroatoms. The average molecular weight is 251 g/mol. The molecule has 0 spiro atoms. The van der Waals surface area contributed by atoms with Crippen LogP contribution in [0.25, 0.3) is 0 Å². The molecule has 2 aliphatic rings. The predicted octanol–water partition coefficient (Wildman–Crippen LogP) is 2.89. The third-order valence-corrected chi connectivity index (χ3v) is 4.80. The van der Waals surface area contributed by atoms with E-state index in [9.17, 15) is 9.59 Å². The lowest BCUT2D eigenvalue weighted by atomic mass is 9.68. The first-order valence-corrected chi connectivity index (χ1v) is 7.45. The minimum atomic E-state index is -0.0593. The number of nitrogens with one attached hydrogen (secondary N) is 1. The number of hydrogen-bond acceptors (Lipinski definition) is 2. The molecule has 0 radical (unpaired) electrons. The van der Waals surface area contributed by atoms with Gasteiger partial charge in [0.15, 0.2) is 0 Å². The Balaban J connectivity index is 2.06. The van der Waals surface area contributed by atoms with Gasteiger partial charge in [-0.15, -0.1) is 0 Å². The van der Waals surface area contributed by atoms with Crippen LogP contribution in [0.3, 0.4) is 0 Å². The molecular weight excluding hydrogens is 226 g/mol. The van der Waals surface area contributed by atoms with E-state index in [4.69, 9.17) is 0 Å². The number of carbonyl (C=O) groups is 2. The monoisotopic (exact) mass is 251 g/mol. The maximum absolute atomic E-state index is 12.0. The second-order valence-corrected chi connectivity index (χ2v) is 6.20. The van der Waals surface area contributed by atoms with Gasteiger partial charge in [0, 0.05) is 12.3 Å². The van der Waals surface area contributed by atoms with Crippen LogP contribution in [0, 0.1) is 23.7 Å². The van der Waals surface area contributed by atoms with Crippen molar-refractivity contribution in [2.75, 3.05) is 0 Å². The highest BCUT2D eigenvalue weighted by atomic mass is 16.2. The van der Waals surface area contributed by atoms with Gasteiger partial charge in [-0.2, -0.15) is 0 Å². The van der Waals surface area contributed by atoms with Crippen molar-refractivity contribution in [1.29, 1.82) is 0 Å². The summed E-state index contributed by atoms with van der Waals surface area (Å²) in [6.45, 7) is 4.42. The van der Waals surface area contributed by atoms with E-state index < -0.39 is 0 Å². The number of carbonyl (C=O) groups excluding carboxylic acids is 2. The van der Waals surface area contributed by atoms with Crippen LogP contribution in [0.4, 0.5) is 0 Å². The second kappa shape index (κ2) is 5.85. The lowest BCUT2D eigenvalue weighted by Gasteiger charge is -2.38. The summed E-state index contributed by atoms with van der Waals surface area (Å²) < 4.78 is 0. The molecule has 102 valence electrons. The molecule has 1 aliphatic carbocycles. The van der Waals surface area contributed by atoms with Crippen molar-refractivity contribution >= 4 is 11.8 Å². The van der Waals surface area contributed by atoms with E-state index in [2.05, 4.69) is 19.2 Å². The fraction of sp³-hybridized carbons (Fsp3) is 0.867. The standard InChI is InChI=1S/C15H25NO2/c1-3-4-12-13(9-14(17)16-15(12)18)11-7-5-10(2)6-8-11/h10-13H,3-9H2,1-2H3,(H,16,17,18). The highest BCUT2D eigenvalue weighted by Gasteiger charge is 2.40. The van der Waals surface area contributed by atoms with Crippen LogP contribution in [0.15, 0.2) is 0 Å². The Bertz CT molecular complexity index is 318. The molecule has 2 fully saturated rings. The van der Waals surface area contributed by atoms with Gasteiger partial charge in [-0.1, -0.05) is 33.1 Å². The molecule has 0 bridgehead atoms. The van der Waals surface area contributed by atoms with Gasteiger partial charge < -0.3 is 0 Å². The van der Waals surface area contributed by atoms with Crippen LogP contribution in [-0.4, -0.2) is 11.8 Å². The normalized spacial score (nSPS) is 37.4. The Labute approximate surface area is 110 Å². The van der Waals surface area contributed by atoms with Crippen LogP contribution in [0.1, 0.15) is 58.8 Å². The lowest BCUT2D eigenvalue weighted by Crippen LogP contribution is -2.48. The molecule has 2 rings (SSSR count). The smallest absolute Gasteiger partial charge is 0.229 e. The summed E-state index contributed by atoms with van der Waals surface area (Å²) in [4.78, 5) is 23.6. The summed E-state index contributed by atoms with van der Waals surface area (Å²) in [5.41, 5.74) is 0. The van der Waals surface area contributed by atoms with Gasteiger partial charge in [-0.25, -0.2) is 0 Å². The fourth-order valence-electron chi connectivity index (χ4n) is 3.70. The van der Waals surface area contributed by atoms with E-state index in [0.717, 1.165) is 18.8 Å². The first-order chi connectivity index (χ1) is 8.61. The van der Waals surface area contributed by atoms with Crippen molar-refractivity contribution in [3.05, 3.63) is 0 Å². The molecule has 18 heavy (non-hydrogen) atoms. The zero-order chi connectivity index (χ0) is 13.1. The summed E-state index contributed by atoms with van der Waals surface area (Å²) >= 11 is 0. The number of hydrogen-bond donors (Lipinski definition) is 1. The highest BCUT2D eigenvalue weighted by molar-refractivity contribution is 5.99. The molecule has 0 aromatic heterocycles. The Morgan fingerprint density at radius 3 is 2.44 bits per heavy atom. The molecule has 0 aromatic rings. The summed E-state index contributed by atoms with van der Waals surface area (Å²) in [7, 11) is 0. The quantitative estimate of drug-likeness (QED) is 0.784. The molecule has 1 saturated carbocycles. The van der Waals surface area contributed by atoms with E-state index >= 15 is 0 Å². The first kappa shape index (κ1) is 13.6. The zero-order valence-corrected chi connectivity index (χ0v) is 11.6. The molecular formula is C15H25NO2. The largest absolute Gasteiger partial charge is 0.296 e. The highest BCUT2D eigenvalue weighted by Crippen LogP contribution is 2.40. The van der Waals surface area contributed by atoms with E-state index in [1.54, 1.807) is 0 Å². The number of rotatable bonds is 3. The van der Waals surface area contributed by atoms with Crippen LogP contribution >= 0.6 is 0 Å². The van der Waals surface area contributed by atoms with Crippen molar-refractivity contribution in [2.45, 2.75) is 58.8 Å². The van der Waals surface area contributed by atoms with Gasteiger partial charge in [-0.3, -0.25) is 14.9 Å². The fourth-order valence-corrected chi connectivity index (χ4v) is 3.70. The zero-order valence-electron chi connectivity index (χ0n) is 11.6. The van der Waals surface area contributed by atoms with Crippen molar-refractivity contribution < 1.29 is 9.59 Å². The topological polar surface area (TPSA) is 46.2 Å². The molecule has 2 atom stereocenters. The third kappa shape index (κ3) is 2.93. The number of amides is 2. The molecule has 1 saturated heterocycles. The Morgan fingerprint density at radius 1 is 1.17 bits per heavy atom. The van der Waals surface area contributed by atoms with E-state index in [1.807, 2.05) is 0 Å². The van der Waals surface area contributed by atoms with Crippen LogP contribution < -0.4 is 5.32 Å². The molecule has 2 unspecified atom stereocenters. The molecule has 0 aromatic carbocycles. The second-order valence-electron chi connectivity index (χ2n) is 6.20. The maximum Gasteiger partial charge on any atom is 0.229 e. The number of imide groups is 1. The van der Waals surface area contributed by atoms with E-state index in [-0.39, 0.29) is 17.7 Å².